The maximum atomic E-state index is 5.38. The van der Waals surface area contributed by atoms with Crippen LogP contribution in [0.2, 0.25) is 0 Å². The van der Waals surface area contributed by atoms with Crippen molar-refractivity contribution in [3.05, 3.63) is 58.1 Å². The van der Waals surface area contributed by atoms with E-state index in [1.54, 1.807) is 7.11 Å². The van der Waals surface area contributed by atoms with E-state index in [1.165, 1.54) is 24.0 Å². The highest BCUT2D eigenvalue weighted by Crippen LogP contribution is 2.43. The molecule has 1 saturated carbocycles. The van der Waals surface area contributed by atoms with Crippen molar-refractivity contribution in [2.45, 2.75) is 25.8 Å². The summed E-state index contributed by atoms with van der Waals surface area (Å²) in [6, 6.07) is 15.4. The molecule has 0 aliphatic heterocycles. The number of hydrogen-bond acceptors (Lipinski definition) is 2. The Kier molecular flexibility index (Phi) is 4.20. The summed E-state index contributed by atoms with van der Waals surface area (Å²) in [6.07, 6.45) is 2.61. The zero-order valence-corrected chi connectivity index (χ0v) is 14.0. The molecular weight excluding hydrogens is 326 g/mol. The lowest BCUT2D eigenvalue weighted by Gasteiger charge is -2.21. The second-order valence-electron chi connectivity index (χ2n) is 5.72. The van der Waals surface area contributed by atoms with E-state index >= 15 is 0 Å². The number of benzene rings is 2. The first-order valence-electron chi connectivity index (χ1n) is 7.34. The van der Waals surface area contributed by atoms with E-state index < -0.39 is 0 Å². The fourth-order valence-corrected chi connectivity index (χ4v) is 3.01. The smallest absolute Gasteiger partial charge is 0.135 e. The van der Waals surface area contributed by atoms with Crippen LogP contribution in [-0.4, -0.2) is 7.11 Å². The zero-order valence-electron chi connectivity index (χ0n) is 12.4. The van der Waals surface area contributed by atoms with Gasteiger partial charge < -0.3 is 10.1 Å². The fraction of sp³-hybridized carbons (Fsp3) is 0.333. The van der Waals surface area contributed by atoms with Crippen LogP contribution in [0.5, 0.6) is 5.75 Å². The van der Waals surface area contributed by atoms with E-state index in [0.717, 1.165) is 21.8 Å². The molecule has 1 aliphatic rings. The molecule has 2 nitrogen and oxygen atoms in total. The summed E-state index contributed by atoms with van der Waals surface area (Å²) in [5.41, 5.74) is 3.77. The van der Waals surface area contributed by atoms with Gasteiger partial charge in [0.2, 0.25) is 0 Å². The van der Waals surface area contributed by atoms with Crippen molar-refractivity contribution in [3.63, 3.8) is 0 Å². The van der Waals surface area contributed by atoms with Crippen molar-refractivity contribution in [2.24, 2.45) is 5.92 Å². The summed E-state index contributed by atoms with van der Waals surface area (Å²) in [5, 5.41) is 3.68. The number of hydrogen-bond donors (Lipinski definition) is 1. The Labute approximate surface area is 134 Å². The van der Waals surface area contributed by atoms with Gasteiger partial charge in [0.1, 0.15) is 5.75 Å². The van der Waals surface area contributed by atoms with Gasteiger partial charge >= 0.3 is 0 Å². The lowest BCUT2D eigenvalue weighted by atomic mass is 10.0. The van der Waals surface area contributed by atoms with E-state index in [4.69, 9.17) is 4.74 Å². The number of rotatable bonds is 5. The molecular formula is C18H20BrNO. The minimum atomic E-state index is 0.386. The SMILES string of the molecule is COc1cc(NC(c2ccc(C)cc2)C2CC2)ccc1Br. The zero-order chi connectivity index (χ0) is 14.8. The van der Waals surface area contributed by atoms with Crippen molar-refractivity contribution in [2.75, 3.05) is 12.4 Å². The van der Waals surface area contributed by atoms with E-state index in [-0.39, 0.29) is 0 Å². The Bertz CT molecular complexity index is 620. The summed E-state index contributed by atoms with van der Waals surface area (Å²) in [5.74, 6) is 1.60. The van der Waals surface area contributed by atoms with Crippen LogP contribution in [0.25, 0.3) is 0 Å². The predicted molar refractivity (Wildman–Crippen MR) is 91.0 cm³/mol. The molecule has 0 spiro atoms. The quantitative estimate of drug-likeness (QED) is 0.790. The molecule has 2 aromatic carbocycles. The third-order valence-corrected chi connectivity index (χ3v) is 4.66. The molecule has 110 valence electrons. The summed E-state index contributed by atoms with van der Waals surface area (Å²) >= 11 is 3.50. The Morgan fingerprint density at radius 3 is 2.48 bits per heavy atom. The van der Waals surface area contributed by atoms with Crippen LogP contribution in [0.4, 0.5) is 5.69 Å². The number of ether oxygens (including phenoxy) is 1. The Morgan fingerprint density at radius 2 is 1.86 bits per heavy atom. The minimum absolute atomic E-state index is 0.386. The molecule has 3 rings (SSSR count). The maximum absolute atomic E-state index is 5.38. The molecule has 1 unspecified atom stereocenters. The van der Waals surface area contributed by atoms with Crippen molar-refractivity contribution in [1.82, 2.24) is 0 Å². The number of anilines is 1. The molecule has 0 saturated heterocycles. The highest BCUT2D eigenvalue weighted by Gasteiger charge is 2.32. The van der Waals surface area contributed by atoms with Crippen molar-refractivity contribution in [1.29, 1.82) is 0 Å². The highest BCUT2D eigenvalue weighted by molar-refractivity contribution is 9.10. The van der Waals surface area contributed by atoms with E-state index in [0.29, 0.717) is 6.04 Å². The number of halogens is 1. The molecule has 2 aromatic rings. The Balaban J connectivity index is 1.84. The predicted octanol–water partition coefficient (Wildman–Crippen LogP) is 5.33. The maximum Gasteiger partial charge on any atom is 0.135 e. The van der Waals surface area contributed by atoms with Crippen LogP contribution in [0.1, 0.15) is 30.0 Å². The van der Waals surface area contributed by atoms with Crippen LogP contribution in [0.3, 0.4) is 0 Å². The van der Waals surface area contributed by atoms with Gasteiger partial charge in [-0.25, -0.2) is 0 Å². The fourth-order valence-electron chi connectivity index (χ4n) is 2.61. The second-order valence-corrected chi connectivity index (χ2v) is 6.57. The molecule has 3 heteroatoms. The van der Waals surface area contributed by atoms with Crippen LogP contribution < -0.4 is 10.1 Å². The summed E-state index contributed by atoms with van der Waals surface area (Å²) in [6.45, 7) is 2.13. The summed E-state index contributed by atoms with van der Waals surface area (Å²) in [4.78, 5) is 0. The number of methoxy groups -OCH3 is 1. The van der Waals surface area contributed by atoms with Gasteiger partial charge in [0.05, 0.1) is 17.6 Å². The standard InChI is InChI=1S/C18H20BrNO/c1-12-3-5-13(6-4-12)18(14-7-8-14)20-15-9-10-16(19)17(11-15)21-2/h3-6,9-11,14,18,20H,7-8H2,1-2H3. The first-order valence-corrected chi connectivity index (χ1v) is 8.13. The van der Waals surface area contributed by atoms with Crippen molar-refractivity contribution in [3.8, 4) is 5.75 Å². The third-order valence-electron chi connectivity index (χ3n) is 4.00. The van der Waals surface area contributed by atoms with Gasteiger partial charge in [0.25, 0.3) is 0 Å². The Morgan fingerprint density at radius 1 is 1.14 bits per heavy atom. The highest BCUT2D eigenvalue weighted by atomic mass is 79.9. The molecule has 1 aliphatic carbocycles. The van der Waals surface area contributed by atoms with Crippen molar-refractivity contribution >= 4 is 21.6 Å². The number of nitrogens with one attached hydrogen (secondary N) is 1. The molecule has 21 heavy (non-hydrogen) atoms. The van der Waals surface area contributed by atoms with E-state index in [2.05, 4.69) is 58.5 Å². The molecule has 1 fully saturated rings. The molecule has 1 N–H and O–H groups in total. The lowest BCUT2D eigenvalue weighted by molar-refractivity contribution is 0.412. The average molecular weight is 346 g/mol. The van der Waals surface area contributed by atoms with Gasteiger partial charge in [-0.15, -0.1) is 0 Å². The Hall–Kier alpha value is -1.48. The molecule has 1 atom stereocenters. The minimum Gasteiger partial charge on any atom is -0.495 e. The summed E-state index contributed by atoms with van der Waals surface area (Å²) in [7, 11) is 1.70. The number of aryl methyl sites for hydroxylation is 1. The van der Waals surface area contributed by atoms with Gasteiger partial charge in [-0.2, -0.15) is 0 Å². The van der Waals surface area contributed by atoms with Gasteiger partial charge in [0.15, 0.2) is 0 Å². The third kappa shape index (κ3) is 3.41. The van der Waals surface area contributed by atoms with Crippen molar-refractivity contribution < 1.29 is 4.74 Å². The van der Waals surface area contributed by atoms with Crippen LogP contribution in [0, 0.1) is 12.8 Å². The first-order chi connectivity index (χ1) is 10.2. The summed E-state index contributed by atoms with van der Waals surface area (Å²) < 4.78 is 6.36. The average Bonchev–Trinajstić information content (AvgIpc) is 3.32. The monoisotopic (exact) mass is 345 g/mol. The molecule has 0 radical (unpaired) electrons. The van der Waals surface area contributed by atoms with Crippen LogP contribution in [-0.2, 0) is 0 Å². The molecule has 0 bridgehead atoms. The van der Waals surface area contributed by atoms with Crippen LogP contribution in [0.15, 0.2) is 46.9 Å². The molecule has 0 heterocycles. The lowest BCUT2D eigenvalue weighted by Crippen LogP contribution is -2.13. The first kappa shape index (κ1) is 14.5. The van der Waals surface area contributed by atoms with Gasteiger partial charge in [-0.05, 0) is 59.3 Å². The van der Waals surface area contributed by atoms with Gasteiger partial charge in [-0.3, -0.25) is 0 Å². The van der Waals surface area contributed by atoms with E-state index in [1.807, 2.05) is 12.1 Å². The molecule has 0 amide bonds. The van der Waals surface area contributed by atoms with E-state index in [9.17, 15) is 0 Å². The topological polar surface area (TPSA) is 21.3 Å². The second kappa shape index (κ2) is 6.10. The normalized spacial score (nSPS) is 15.6. The van der Waals surface area contributed by atoms with Gasteiger partial charge in [-0.1, -0.05) is 29.8 Å². The molecule has 0 aromatic heterocycles. The largest absolute Gasteiger partial charge is 0.495 e. The van der Waals surface area contributed by atoms with Gasteiger partial charge in [0, 0.05) is 11.8 Å². The van der Waals surface area contributed by atoms with Crippen LogP contribution >= 0.6 is 15.9 Å².